The molecule has 0 aromatic heterocycles. The summed E-state index contributed by atoms with van der Waals surface area (Å²) in [6.45, 7) is 3.91. The zero-order valence-corrected chi connectivity index (χ0v) is 12.5. The van der Waals surface area contributed by atoms with E-state index in [4.69, 9.17) is 0 Å². The van der Waals surface area contributed by atoms with E-state index in [2.05, 4.69) is 10.1 Å². The molecule has 1 N–H and O–H groups in total. The van der Waals surface area contributed by atoms with Gasteiger partial charge >= 0.3 is 5.97 Å². The molecule has 0 heterocycles. The molecule has 0 unspecified atom stereocenters. The monoisotopic (exact) mass is 294 g/mol. The summed E-state index contributed by atoms with van der Waals surface area (Å²) in [5.41, 5.74) is 0. The van der Waals surface area contributed by atoms with Gasteiger partial charge in [-0.2, -0.15) is 4.31 Å². The van der Waals surface area contributed by atoms with Crippen molar-refractivity contribution in [2.24, 2.45) is 0 Å². The molecule has 0 aliphatic heterocycles. The van der Waals surface area contributed by atoms with Crippen LogP contribution in [0.25, 0.3) is 0 Å². The van der Waals surface area contributed by atoms with Crippen LogP contribution in [0.3, 0.4) is 0 Å². The third kappa shape index (κ3) is 7.12. The minimum atomic E-state index is -3.52. The summed E-state index contributed by atoms with van der Waals surface area (Å²) in [6.07, 6.45) is 0.231. The van der Waals surface area contributed by atoms with Crippen LogP contribution in [0.5, 0.6) is 0 Å². The van der Waals surface area contributed by atoms with Gasteiger partial charge in [-0.3, -0.25) is 9.59 Å². The van der Waals surface area contributed by atoms with E-state index < -0.39 is 16.0 Å². The lowest BCUT2D eigenvalue weighted by atomic mass is 10.3. The van der Waals surface area contributed by atoms with Gasteiger partial charge in [-0.05, 0) is 13.3 Å². The van der Waals surface area contributed by atoms with Crippen LogP contribution in [0.15, 0.2) is 0 Å². The van der Waals surface area contributed by atoms with Crippen molar-refractivity contribution in [1.82, 2.24) is 9.62 Å². The molecule has 8 heteroatoms. The van der Waals surface area contributed by atoms with Gasteiger partial charge in [-0.25, -0.2) is 8.42 Å². The van der Waals surface area contributed by atoms with Crippen LogP contribution in [0, 0.1) is 0 Å². The van der Waals surface area contributed by atoms with E-state index in [1.165, 1.54) is 7.11 Å². The highest BCUT2D eigenvalue weighted by Gasteiger charge is 2.22. The van der Waals surface area contributed by atoms with Crippen molar-refractivity contribution in [2.45, 2.75) is 26.7 Å². The first-order chi connectivity index (χ1) is 8.87. The minimum Gasteiger partial charge on any atom is -0.469 e. The number of nitrogens with zero attached hydrogens (tertiary/aromatic N) is 1. The number of esters is 1. The second-order valence-corrected chi connectivity index (χ2v) is 5.96. The molecule has 0 aliphatic rings. The Kier molecular flexibility index (Phi) is 8.33. The molecule has 0 bridgehead atoms. The van der Waals surface area contributed by atoms with Crippen molar-refractivity contribution in [2.75, 3.05) is 32.5 Å². The lowest BCUT2D eigenvalue weighted by molar-refractivity contribution is -0.140. The Balaban J connectivity index is 4.40. The third-order valence-electron chi connectivity index (χ3n) is 2.45. The van der Waals surface area contributed by atoms with Gasteiger partial charge in [0.05, 0.1) is 19.4 Å². The Labute approximate surface area is 114 Å². The molecule has 0 spiro atoms. The number of rotatable bonds is 9. The van der Waals surface area contributed by atoms with E-state index in [0.29, 0.717) is 6.54 Å². The average molecular weight is 294 g/mol. The Morgan fingerprint density at radius 1 is 1.26 bits per heavy atom. The lowest BCUT2D eigenvalue weighted by Gasteiger charge is -2.19. The second kappa shape index (κ2) is 8.87. The highest BCUT2D eigenvalue weighted by Crippen LogP contribution is 2.05. The molecule has 0 saturated heterocycles. The summed E-state index contributed by atoms with van der Waals surface area (Å²) >= 11 is 0. The van der Waals surface area contributed by atoms with E-state index in [1.807, 2.05) is 0 Å². The summed E-state index contributed by atoms with van der Waals surface area (Å²) in [6, 6.07) is 0. The van der Waals surface area contributed by atoms with E-state index >= 15 is 0 Å². The summed E-state index contributed by atoms with van der Waals surface area (Å²) < 4.78 is 29.5. The van der Waals surface area contributed by atoms with E-state index in [9.17, 15) is 18.0 Å². The van der Waals surface area contributed by atoms with Gasteiger partial charge < -0.3 is 10.1 Å². The maximum Gasteiger partial charge on any atom is 0.305 e. The number of hydrogen-bond acceptors (Lipinski definition) is 5. The molecule has 0 saturated carbocycles. The van der Waals surface area contributed by atoms with Gasteiger partial charge in [0.25, 0.3) is 0 Å². The fourth-order valence-corrected chi connectivity index (χ4v) is 2.92. The van der Waals surface area contributed by atoms with Crippen molar-refractivity contribution < 1.29 is 22.7 Å². The lowest BCUT2D eigenvalue weighted by Crippen LogP contribution is -2.41. The Hall–Kier alpha value is -1.15. The highest BCUT2D eigenvalue weighted by atomic mass is 32.2. The number of methoxy groups -OCH3 is 1. The molecule has 0 radical (unpaired) electrons. The Morgan fingerprint density at radius 3 is 2.37 bits per heavy atom. The van der Waals surface area contributed by atoms with Crippen LogP contribution in [-0.2, 0) is 24.3 Å². The quantitative estimate of drug-likeness (QED) is 0.591. The zero-order valence-electron chi connectivity index (χ0n) is 11.6. The predicted molar refractivity (Wildman–Crippen MR) is 71.0 cm³/mol. The zero-order chi connectivity index (χ0) is 14.9. The number of nitrogens with one attached hydrogen (secondary N) is 1. The van der Waals surface area contributed by atoms with Crippen LogP contribution < -0.4 is 5.32 Å². The van der Waals surface area contributed by atoms with Crippen LogP contribution in [0.1, 0.15) is 26.7 Å². The largest absolute Gasteiger partial charge is 0.469 e. The van der Waals surface area contributed by atoms with E-state index in [1.54, 1.807) is 13.8 Å². The Bertz CT molecular complexity index is 394. The van der Waals surface area contributed by atoms with Crippen molar-refractivity contribution in [1.29, 1.82) is 0 Å². The number of carbonyl (C=O) groups is 2. The number of hydrogen-bond donors (Lipinski definition) is 1. The predicted octanol–water partition coefficient (Wildman–Crippen LogP) is -0.273. The summed E-state index contributed by atoms with van der Waals surface area (Å²) in [4.78, 5) is 22.3. The first kappa shape index (κ1) is 17.8. The first-order valence-corrected chi connectivity index (χ1v) is 7.79. The van der Waals surface area contributed by atoms with Gasteiger partial charge in [0.15, 0.2) is 0 Å². The van der Waals surface area contributed by atoms with Gasteiger partial charge in [0.1, 0.15) is 0 Å². The van der Waals surface area contributed by atoms with Crippen LogP contribution in [0.4, 0.5) is 0 Å². The summed E-state index contributed by atoms with van der Waals surface area (Å²) in [5.74, 6) is -0.946. The molecule has 1 amide bonds. The van der Waals surface area contributed by atoms with Gasteiger partial charge in [0.2, 0.25) is 15.9 Å². The van der Waals surface area contributed by atoms with Crippen LogP contribution in [0.2, 0.25) is 0 Å². The molecule has 0 rings (SSSR count). The average Bonchev–Trinajstić information content (AvgIpc) is 2.35. The first-order valence-electron chi connectivity index (χ1n) is 6.18. The molecule has 0 fully saturated rings. The second-order valence-electron chi connectivity index (χ2n) is 3.88. The van der Waals surface area contributed by atoms with E-state index in [0.717, 1.165) is 4.31 Å². The minimum absolute atomic E-state index is 0.0500. The molecule has 0 atom stereocenters. The molecule has 0 aliphatic carbocycles. The van der Waals surface area contributed by atoms with Crippen molar-refractivity contribution in [3.05, 3.63) is 0 Å². The number of ether oxygens (including phenoxy) is 1. The number of carbonyl (C=O) groups excluding carboxylic acids is 2. The molecule has 112 valence electrons. The third-order valence-corrected chi connectivity index (χ3v) is 4.43. The number of likely N-dealkylation sites (N-methyl/N-ethyl adjacent to an activating group) is 2. The van der Waals surface area contributed by atoms with Gasteiger partial charge in [0, 0.05) is 19.5 Å². The highest BCUT2D eigenvalue weighted by molar-refractivity contribution is 7.89. The van der Waals surface area contributed by atoms with Crippen molar-refractivity contribution in [3.63, 3.8) is 0 Å². The van der Waals surface area contributed by atoms with Crippen LogP contribution in [-0.4, -0.2) is 57.1 Å². The number of amides is 1. The molecule has 0 aromatic rings. The summed E-state index contributed by atoms with van der Waals surface area (Å²) in [7, 11) is -2.27. The molecular formula is C11H22N2O5S. The van der Waals surface area contributed by atoms with Gasteiger partial charge in [-0.15, -0.1) is 0 Å². The molecule has 19 heavy (non-hydrogen) atoms. The number of sulfonamides is 1. The smallest absolute Gasteiger partial charge is 0.305 e. The maximum absolute atomic E-state index is 12.0. The molecule has 7 nitrogen and oxygen atoms in total. The fourth-order valence-electron chi connectivity index (χ4n) is 1.45. The fraction of sp³-hybridized carbons (Fsp3) is 0.818. The standard InChI is InChI=1S/C11H22N2O5S/c1-4-12-10(14)9-13(5-2)19(16,17)8-6-7-11(15)18-3/h4-9H2,1-3H3,(H,12,14). The van der Waals surface area contributed by atoms with Gasteiger partial charge in [-0.1, -0.05) is 6.92 Å². The topological polar surface area (TPSA) is 92.8 Å². The van der Waals surface area contributed by atoms with Crippen LogP contribution >= 0.6 is 0 Å². The normalized spacial score (nSPS) is 11.4. The van der Waals surface area contributed by atoms with Crippen molar-refractivity contribution >= 4 is 21.9 Å². The molecular weight excluding hydrogens is 272 g/mol. The Morgan fingerprint density at radius 2 is 1.89 bits per heavy atom. The van der Waals surface area contributed by atoms with Crippen molar-refractivity contribution in [3.8, 4) is 0 Å². The van der Waals surface area contributed by atoms with E-state index in [-0.39, 0.29) is 37.6 Å². The SMILES string of the molecule is CCNC(=O)CN(CC)S(=O)(=O)CCCC(=O)OC. The summed E-state index contributed by atoms with van der Waals surface area (Å²) in [5, 5.41) is 2.55. The molecule has 0 aromatic carbocycles. The maximum atomic E-state index is 12.0.